The molecule has 2 N–H and O–H groups in total. The molecule has 0 spiro atoms. The number of rotatable bonds is 8. The molecule has 6 nitrogen and oxygen atoms in total. The summed E-state index contributed by atoms with van der Waals surface area (Å²) in [6.07, 6.45) is 0.823. The van der Waals surface area contributed by atoms with Gasteiger partial charge < -0.3 is 20.1 Å². The molecule has 2 rings (SSSR count). The molecule has 0 atom stereocenters. The maximum absolute atomic E-state index is 12.6. The lowest BCUT2D eigenvalue weighted by molar-refractivity contribution is 0.0954. The Bertz CT molecular complexity index is 824. The van der Waals surface area contributed by atoms with Gasteiger partial charge in [-0.15, -0.1) is 0 Å². The van der Waals surface area contributed by atoms with Gasteiger partial charge in [-0.1, -0.05) is 24.6 Å². The standard InChI is InChI=1S/C20H23ClN2O4/c1-4-9-27-18-16(21)11-14(12-17(18)26-3)20(25)23-15-8-6-7-13(10-15)19(24)22-5-2/h6-8,10-12H,4-5,9H2,1-3H3,(H,22,24)(H,23,25). The molecule has 2 aromatic rings. The number of carbonyl (C=O) groups excluding carboxylic acids is 2. The molecular weight excluding hydrogens is 368 g/mol. The van der Waals surface area contributed by atoms with Crippen LogP contribution < -0.4 is 20.1 Å². The van der Waals surface area contributed by atoms with E-state index in [1.165, 1.54) is 13.2 Å². The number of amides is 2. The molecule has 2 amide bonds. The second-order valence-corrected chi connectivity index (χ2v) is 6.14. The van der Waals surface area contributed by atoms with Gasteiger partial charge in [-0.3, -0.25) is 9.59 Å². The van der Waals surface area contributed by atoms with E-state index in [0.717, 1.165) is 6.42 Å². The van der Waals surface area contributed by atoms with E-state index in [-0.39, 0.29) is 11.8 Å². The van der Waals surface area contributed by atoms with Crippen LogP contribution in [0.15, 0.2) is 36.4 Å². The van der Waals surface area contributed by atoms with Crippen LogP contribution in [0.25, 0.3) is 0 Å². The first kappa shape index (κ1) is 20.6. The van der Waals surface area contributed by atoms with Crippen LogP contribution in [0.2, 0.25) is 5.02 Å². The van der Waals surface area contributed by atoms with Crippen molar-refractivity contribution in [1.82, 2.24) is 5.32 Å². The van der Waals surface area contributed by atoms with Crippen molar-refractivity contribution in [2.75, 3.05) is 25.6 Å². The molecule has 0 bridgehead atoms. The highest BCUT2D eigenvalue weighted by Crippen LogP contribution is 2.36. The summed E-state index contributed by atoms with van der Waals surface area (Å²) in [6.45, 7) is 4.85. The Balaban J connectivity index is 2.22. The first-order valence-corrected chi connectivity index (χ1v) is 9.07. The van der Waals surface area contributed by atoms with Gasteiger partial charge in [0.15, 0.2) is 11.5 Å². The van der Waals surface area contributed by atoms with Crippen molar-refractivity contribution in [1.29, 1.82) is 0 Å². The summed E-state index contributed by atoms with van der Waals surface area (Å²) in [4.78, 5) is 24.5. The minimum absolute atomic E-state index is 0.198. The Kier molecular flexibility index (Phi) is 7.49. The SMILES string of the molecule is CCCOc1c(Cl)cc(C(=O)Nc2cccc(C(=O)NCC)c2)cc1OC. The van der Waals surface area contributed by atoms with Gasteiger partial charge in [-0.2, -0.15) is 0 Å². The van der Waals surface area contributed by atoms with Gasteiger partial charge in [0.25, 0.3) is 11.8 Å². The number of halogens is 1. The minimum Gasteiger partial charge on any atom is -0.493 e. The van der Waals surface area contributed by atoms with Crippen LogP contribution in [0.4, 0.5) is 5.69 Å². The van der Waals surface area contributed by atoms with Gasteiger partial charge in [0, 0.05) is 23.4 Å². The molecule has 0 aliphatic rings. The van der Waals surface area contributed by atoms with Gasteiger partial charge in [0.05, 0.1) is 18.7 Å². The molecule has 0 unspecified atom stereocenters. The first-order chi connectivity index (χ1) is 13.0. The molecule has 144 valence electrons. The third-order valence-corrected chi connectivity index (χ3v) is 3.94. The van der Waals surface area contributed by atoms with E-state index in [2.05, 4.69) is 10.6 Å². The molecule has 0 radical (unpaired) electrons. The first-order valence-electron chi connectivity index (χ1n) is 8.70. The van der Waals surface area contributed by atoms with Crippen LogP contribution in [0, 0.1) is 0 Å². The van der Waals surface area contributed by atoms with Crippen LogP contribution in [0.3, 0.4) is 0 Å². The number of nitrogens with one attached hydrogen (secondary N) is 2. The van der Waals surface area contributed by atoms with Gasteiger partial charge >= 0.3 is 0 Å². The molecular formula is C20H23ClN2O4. The fraction of sp³-hybridized carbons (Fsp3) is 0.300. The topological polar surface area (TPSA) is 76.7 Å². The molecule has 0 aromatic heterocycles. The van der Waals surface area contributed by atoms with Crippen LogP contribution in [0.5, 0.6) is 11.5 Å². The number of anilines is 1. The monoisotopic (exact) mass is 390 g/mol. The van der Waals surface area contributed by atoms with E-state index < -0.39 is 0 Å². The maximum atomic E-state index is 12.6. The Hall–Kier alpha value is -2.73. The largest absolute Gasteiger partial charge is 0.493 e. The lowest BCUT2D eigenvalue weighted by Gasteiger charge is -2.14. The van der Waals surface area contributed by atoms with Gasteiger partial charge in [-0.25, -0.2) is 0 Å². The second kappa shape index (κ2) is 9.83. The number of hydrogen-bond donors (Lipinski definition) is 2. The smallest absolute Gasteiger partial charge is 0.255 e. The predicted octanol–water partition coefficient (Wildman–Crippen LogP) is 4.14. The van der Waals surface area contributed by atoms with E-state index >= 15 is 0 Å². The Morgan fingerprint density at radius 1 is 1.07 bits per heavy atom. The van der Waals surface area contributed by atoms with E-state index in [1.54, 1.807) is 30.3 Å². The highest BCUT2D eigenvalue weighted by molar-refractivity contribution is 6.32. The van der Waals surface area contributed by atoms with E-state index in [0.29, 0.717) is 46.5 Å². The van der Waals surface area contributed by atoms with Crippen molar-refractivity contribution < 1.29 is 19.1 Å². The van der Waals surface area contributed by atoms with Crippen molar-refractivity contribution in [3.63, 3.8) is 0 Å². The normalized spacial score (nSPS) is 10.2. The zero-order valence-electron chi connectivity index (χ0n) is 15.6. The van der Waals surface area contributed by atoms with Crippen molar-refractivity contribution in [2.45, 2.75) is 20.3 Å². The fourth-order valence-corrected chi connectivity index (χ4v) is 2.66. The van der Waals surface area contributed by atoms with E-state index in [4.69, 9.17) is 21.1 Å². The third kappa shape index (κ3) is 5.37. The average Bonchev–Trinajstić information content (AvgIpc) is 2.66. The summed E-state index contributed by atoms with van der Waals surface area (Å²) in [5.74, 6) is 0.231. The van der Waals surface area contributed by atoms with Crippen molar-refractivity contribution in [3.05, 3.63) is 52.5 Å². The highest BCUT2D eigenvalue weighted by atomic mass is 35.5. The molecule has 2 aromatic carbocycles. The molecule has 27 heavy (non-hydrogen) atoms. The van der Waals surface area contributed by atoms with Crippen LogP contribution in [-0.4, -0.2) is 32.1 Å². The second-order valence-electron chi connectivity index (χ2n) is 5.73. The van der Waals surface area contributed by atoms with Crippen LogP contribution in [-0.2, 0) is 0 Å². The average molecular weight is 391 g/mol. The molecule has 0 fully saturated rings. The summed E-state index contributed by atoms with van der Waals surface area (Å²) >= 11 is 6.26. The molecule has 0 saturated carbocycles. The van der Waals surface area contributed by atoms with Crippen LogP contribution >= 0.6 is 11.6 Å². The zero-order chi connectivity index (χ0) is 19.8. The van der Waals surface area contributed by atoms with Gasteiger partial charge in [0.2, 0.25) is 0 Å². The number of carbonyl (C=O) groups is 2. The predicted molar refractivity (Wildman–Crippen MR) is 106 cm³/mol. The molecule has 0 aliphatic heterocycles. The summed E-state index contributed by atoms with van der Waals surface area (Å²) < 4.78 is 10.9. The van der Waals surface area contributed by atoms with Crippen molar-refractivity contribution >= 4 is 29.1 Å². The molecule has 0 saturated heterocycles. The quantitative estimate of drug-likeness (QED) is 0.710. The van der Waals surface area contributed by atoms with Gasteiger partial charge in [-0.05, 0) is 43.7 Å². The van der Waals surface area contributed by atoms with E-state index in [1.807, 2.05) is 13.8 Å². The summed E-state index contributed by atoms with van der Waals surface area (Å²) in [5, 5.41) is 5.78. The van der Waals surface area contributed by atoms with Gasteiger partial charge in [0.1, 0.15) is 0 Å². The lowest BCUT2D eigenvalue weighted by Crippen LogP contribution is -2.22. The third-order valence-electron chi connectivity index (χ3n) is 3.66. The maximum Gasteiger partial charge on any atom is 0.255 e. The lowest BCUT2D eigenvalue weighted by atomic mass is 10.1. The summed E-state index contributed by atoms with van der Waals surface area (Å²) in [7, 11) is 1.49. The molecule has 0 aliphatic carbocycles. The van der Waals surface area contributed by atoms with Crippen molar-refractivity contribution in [2.24, 2.45) is 0 Å². The molecule has 7 heteroatoms. The summed E-state index contributed by atoms with van der Waals surface area (Å²) in [5.41, 5.74) is 1.29. The number of benzene rings is 2. The highest BCUT2D eigenvalue weighted by Gasteiger charge is 2.16. The zero-order valence-corrected chi connectivity index (χ0v) is 16.4. The van der Waals surface area contributed by atoms with E-state index in [9.17, 15) is 9.59 Å². The summed E-state index contributed by atoms with van der Waals surface area (Å²) in [6, 6.07) is 9.80. The van der Waals surface area contributed by atoms with Crippen molar-refractivity contribution in [3.8, 4) is 11.5 Å². The van der Waals surface area contributed by atoms with Crippen LogP contribution in [0.1, 0.15) is 41.0 Å². The number of ether oxygens (including phenoxy) is 2. The number of hydrogen-bond acceptors (Lipinski definition) is 4. The fourth-order valence-electron chi connectivity index (χ4n) is 2.40. The Labute approximate surface area is 163 Å². The molecule has 0 heterocycles. The Morgan fingerprint density at radius 3 is 2.52 bits per heavy atom. The number of methoxy groups -OCH3 is 1. The Morgan fingerprint density at radius 2 is 1.85 bits per heavy atom. The minimum atomic E-state index is -0.370.